The zero-order valence-electron chi connectivity index (χ0n) is 9.49. The fourth-order valence-electron chi connectivity index (χ4n) is 1.60. The lowest BCUT2D eigenvalue weighted by Gasteiger charge is -2.06. The molecule has 0 aliphatic carbocycles. The van der Waals surface area contributed by atoms with Crippen molar-refractivity contribution in [2.45, 2.75) is 12.6 Å². The maximum absolute atomic E-state index is 12.2. The summed E-state index contributed by atoms with van der Waals surface area (Å²) in [6.07, 6.45) is -6.15. The Morgan fingerprint density at radius 3 is 2.63 bits per heavy atom. The number of benzene rings is 1. The molecule has 0 spiro atoms. The molecule has 0 saturated heterocycles. The number of fused-ring (bicyclic) bond motifs is 1. The predicted octanol–water partition coefficient (Wildman–Crippen LogP) is 3.31. The molecule has 4 nitrogen and oxygen atoms in total. The lowest BCUT2D eigenvalue weighted by Crippen LogP contribution is -2.09. The minimum atomic E-state index is -4.59. The zero-order valence-corrected chi connectivity index (χ0v) is 9.49. The molecule has 2 aromatic rings. The van der Waals surface area contributed by atoms with Gasteiger partial charge in [0.05, 0.1) is 11.0 Å². The monoisotopic (exact) mass is 267 g/mol. The van der Waals surface area contributed by atoms with Gasteiger partial charge in [0.2, 0.25) is 0 Å². The van der Waals surface area contributed by atoms with Crippen LogP contribution in [0.15, 0.2) is 30.0 Å². The van der Waals surface area contributed by atoms with Crippen LogP contribution in [-0.4, -0.2) is 21.3 Å². The Labute approximate surface area is 105 Å². The van der Waals surface area contributed by atoms with E-state index in [1.165, 1.54) is 6.07 Å². The second kappa shape index (κ2) is 4.65. The van der Waals surface area contributed by atoms with Crippen molar-refractivity contribution in [2.75, 3.05) is 0 Å². The first-order chi connectivity index (χ1) is 8.90. The summed E-state index contributed by atoms with van der Waals surface area (Å²) < 4.78 is 36.6. The lowest BCUT2D eigenvalue weighted by atomic mass is 10.2. The average Bonchev–Trinajstić information content (AvgIpc) is 2.70. The Morgan fingerprint density at radius 1 is 1.37 bits per heavy atom. The molecule has 2 rings (SSSR count). The fourth-order valence-corrected chi connectivity index (χ4v) is 1.60. The molecule has 0 unspecified atom stereocenters. The van der Waals surface area contributed by atoms with Gasteiger partial charge in [-0.05, 0) is 12.1 Å². The van der Waals surface area contributed by atoms with E-state index in [4.69, 9.17) is 5.26 Å². The van der Waals surface area contributed by atoms with Gasteiger partial charge in [0.15, 0.2) is 5.82 Å². The van der Waals surface area contributed by atoms with Crippen LogP contribution in [0.3, 0.4) is 0 Å². The second-order valence-corrected chi connectivity index (χ2v) is 3.83. The van der Waals surface area contributed by atoms with E-state index in [-0.39, 0.29) is 5.82 Å². The number of rotatable bonds is 2. The first kappa shape index (κ1) is 13.0. The number of aromatic amines is 1. The van der Waals surface area contributed by atoms with Gasteiger partial charge in [0.25, 0.3) is 0 Å². The van der Waals surface area contributed by atoms with Gasteiger partial charge < -0.3 is 10.1 Å². The summed E-state index contributed by atoms with van der Waals surface area (Å²) in [5, 5.41) is 18.3. The Hall–Kier alpha value is -2.49. The van der Waals surface area contributed by atoms with E-state index >= 15 is 0 Å². The van der Waals surface area contributed by atoms with Crippen LogP contribution in [0.25, 0.3) is 16.6 Å². The Bertz CT molecular complexity index is 646. The number of allylic oxidation sites excluding steroid dienone is 2. The Kier molecular flexibility index (Phi) is 3.17. The molecule has 0 atom stereocenters. The first-order valence-corrected chi connectivity index (χ1v) is 5.25. The molecule has 19 heavy (non-hydrogen) atoms. The topological polar surface area (TPSA) is 72.7 Å². The van der Waals surface area contributed by atoms with Crippen molar-refractivity contribution in [1.29, 1.82) is 5.26 Å². The van der Waals surface area contributed by atoms with Crippen LogP contribution in [0.2, 0.25) is 0 Å². The fraction of sp³-hybridized carbons (Fsp3) is 0.167. The predicted molar refractivity (Wildman–Crippen MR) is 61.9 cm³/mol. The number of alkyl halides is 3. The largest absolute Gasteiger partial charge is 0.510 e. The molecule has 1 heterocycles. The molecule has 0 bridgehead atoms. The minimum absolute atomic E-state index is 0.0783. The molecule has 1 aromatic carbocycles. The molecule has 1 aromatic heterocycles. The van der Waals surface area contributed by atoms with Crippen molar-refractivity contribution in [3.63, 3.8) is 0 Å². The van der Waals surface area contributed by atoms with Crippen molar-refractivity contribution in [3.05, 3.63) is 35.8 Å². The molecule has 0 radical (unpaired) electrons. The van der Waals surface area contributed by atoms with Crippen molar-refractivity contribution in [1.82, 2.24) is 9.97 Å². The number of aromatic nitrogens is 2. The maximum Gasteiger partial charge on any atom is 0.396 e. The number of imidazole rings is 1. The Morgan fingerprint density at radius 2 is 2.05 bits per heavy atom. The van der Waals surface area contributed by atoms with Gasteiger partial charge in [-0.15, -0.1) is 0 Å². The highest BCUT2D eigenvalue weighted by atomic mass is 19.4. The van der Waals surface area contributed by atoms with Crippen molar-refractivity contribution < 1.29 is 18.3 Å². The first-order valence-electron chi connectivity index (χ1n) is 5.25. The zero-order chi connectivity index (χ0) is 14.0. The number of H-pyrrole nitrogens is 1. The number of nitrogens with one attached hydrogen (secondary N) is 1. The number of para-hydroxylation sites is 2. The molecule has 2 N–H and O–H groups in total. The maximum atomic E-state index is 12.2. The van der Waals surface area contributed by atoms with Gasteiger partial charge in [-0.25, -0.2) is 4.98 Å². The van der Waals surface area contributed by atoms with Gasteiger partial charge >= 0.3 is 6.18 Å². The summed E-state index contributed by atoms with van der Waals surface area (Å²) in [6, 6.07) is 8.27. The Balaban J connectivity index is 2.47. The summed E-state index contributed by atoms with van der Waals surface area (Å²) in [4.78, 5) is 6.67. The van der Waals surface area contributed by atoms with Crippen LogP contribution in [-0.2, 0) is 0 Å². The third kappa shape index (κ3) is 2.85. The highest BCUT2D eigenvalue weighted by Crippen LogP contribution is 2.27. The van der Waals surface area contributed by atoms with Crippen LogP contribution >= 0.6 is 0 Å². The molecular weight excluding hydrogens is 259 g/mol. The van der Waals surface area contributed by atoms with Crippen LogP contribution in [0.5, 0.6) is 0 Å². The molecule has 0 saturated carbocycles. The van der Waals surface area contributed by atoms with E-state index in [1.54, 1.807) is 24.3 Å². The van der Waals surface area contributed by atoms with Gasteiger partial charge in [0, 0.05) is 0 Å². The summed E-state index contributed by atoms with van der Waals surface area (Å²) in [5.74, 6) is -1.13. The van der Waals surface area contributed by atoms with Gasteiger partial charge in [-0.3, -0.25) is 0 Å². The SMILES string of the molecule is N#CC(=C(O)CC(F)(F)F)c1nc2ccccc2[nH]1. The summed E-state index contributed by atoms with van der Waals surface area (Å²) in [5.41, 5.74) is 0.573. The number of hydrogen-bond donors (Lipinski definition) is 2. The number of aliphatic hydroxyl groups excluding tert-OH is 1. The summed E-state index contributed by atoms with van der Waals surface area (Å²) in [6.45, 7) is 0. The minimum Gasteiger partial charge on any atom is -0.510 e. The van der Waals surface area contributed by atoms with E-state index in [9.17, 15) is 18.3 Å². The molecule has 7 heteroatoms. The average molecular weight is 267 g/mol. The molecule has 0 aliphatic heterocycles. The molecule has 98 valence electrons. The van der Waals surface area contributed by atoms with E-state index in [0.717, 1.165) is 0 Å². The molecular formula is C12H8F3N3O. The number of nitriles is 1. The second-order valence-electron chi connectivity index (χ2n) is 3.83. The van der Waals surface area contributed by atoms with Crippen molar-refractivity contribution >= 4 is 16.6 Å². The number of halogens is 3. The molecule has 0 aliphatic rings. The molecule has 0 amide bonds. The quantitative estimate of drug-likeness (QED) is 0.647. The van der Waals surface area contributed by atoms with Gasteiger partial charge in [0.1, 0.15) is 23.8 Å². The normalized spacial score (nSPS) is 13.2. The van der Waals surface area contributed by atoms with E-state index in [0.29, 0.717) is 11.0 Å². The third-order valence-corrected chi connectivity index (χ3v) is 2.39. The summed E-state index contributed by atoms with van der Waals surface area (Å²) >= 11 is 0. The van der Waals surface area contributed by atoms with Crippen molar-refractivity contribution in [2.24, 2.45) is 0 Å². The van der Waals surface area contributed by atoms with Gasteiger partial charge in [-0.2, -0.15) is 18.4 Å². The number of aliphatic hydroxyl groups is 1. The van der Waals surface area contributed by atoms with Crippen LogP contribution in [0, 0.1) is 11.3 Å². The van der Waals surface area contributed by atoms with Gasteiger partial charge in [-0.1, -0.05) is 12.1 Å². The van der Waals surface area contributed by atoms with E-state index in [2.05, 4.69) is 9.97 Å². The third-order valence-electron chi connectivity index (χ3n) is 2.39. The smallest absolute Gasteiger partial charge is 0.396 e. The molecule has 0 fully saturated rings. The van der Waals surface area contributed by atoms with E-state index in [1.807, 2.05) is 0 Å². The van der Waals surface area contributed by atoms with Crippen LogP contribution in [0.1, 0.15) is 12.2 Å². The number of nitrogens with zero attached hydrogens (tertiary/aromatic N) is 2. The highest BCUT2D eigenvalue weighted by molar-refractivity contribution is 5.82. The standard InChI is InChI=1S/C12H8F3N3O/c13-12(14,15)5-10(19)7(6-16)11-17-8-3-1-2-4-9(8)18-11/h1-4,19H,5H2,(H,17,18). The summed E-state index contributed by atoms with van der Waals surface area (Å²) in [7, 11) is 0. The van der Waals surface area contributed by atoms with Crippen LogP contribution in [0.4, 0.5) is 13.2 Å². The number of hydrogen-bond acceptors (Lipinski definition) is 3. The van der Waals surface area contributed by atoms with Crippen molar-refractivity contribution in [3.8, 4) is 6.07 Å². The van der Waals surface area contributed by atoms with E-state index < -0.39 is 23.9 Å². The highest BCUT2D eigenvalue weighted by Gasteiger charge is 2.31. The van der Waals surface area contributed by atoms with Crippen LogP contribution < -0.4 is 0 Å². The lowest BCUT2D eigenvalue weighted by molar-refractivity contribution is -0.132.